The van der Waals surface area contributed by atoms with Crippen molar-refractivity contribution >= 4 is 27.6 Å². The molecule has 0 atom stereocenters. The van der Waals surface area contributed by atoms with Gasteiger partial charge in [0, 0.05) is 0 Å². The summed E-state index contributed by atoms with van der Waals surface area (Å²) in [6.45, 7) is 1.61. The van der Waals surface area contributed by atoms with Gasteiger partial charge in [-0.05, 0) is 42.8 Å². The Kier molecular flexibility index (Phi) is 5.43. The third-order valence-electron chi connectivity index (χ3n) is 3.55. The molecule has 0 amide bonds. The first kappa shape index (κ1) is 18.5. The van der Waals surface area contributed by atoms with Crippen molar-refractivity contribution in [2.75, 3.05) is 18.9 Å². The highest BCUT2D eigenvalue weighted by Gasteiger charge is 2.19. The molecule has 0 heterocycles. The normalized spacial score (nSPS) is 10.8. The predicted octanol–water partition coefficient (Wildman–Crippen LogP) is 2.37. The van der Waals surface area contributed by atoms with Crippen molar-refractivity contribution in [1.82, 2.24) is 0 Å². The topological polar surface area (TPSA) is 98.8 Å². The van der Waals surface area contributed by atoms with E-state index in [1.807, 2.05) is 0 Å². The quantitative estimate of drug-likeness (QED) is 0.819. The van der Waals surface area contributed by atoms with Gasteiger partial charge in [0.15, 0.2) is 0 Å². The summed E-state index contributed by atoms with van der Waals surface area (Å²) in [5, 5.41) is 0. The first-order chi connectivity index (χ1) is 11.8. The van der Waals surface area contributed by atoms with Crippen LogP contribution in [0.5, 0.6) is 0 Å². The molecule has 0 fully saturated rings. The van der Waals surface area contributed by atoms with Gasteiger partial charge < -0.3 is 9.47 Å². The van der Waals surface area contributed by atoms with Crippen LogP contribution >= 0.6 is 0 Å². The second-order valence-electron chi connectivity index (χ2n) is 5.09. The van der Waals surface area contributed by atoms with Crippen LogP contribution < -0.4 is 4.72 Å². The summed E-state index contributed by atoms with van der Waals surface area (Å²) < 4.78 is 36.9. The van der Waals surface area contributed by atoms with E-state index in [0.717, 1.165) is 0 Å². The molecule has 2 rings (SSSR count). The Balaban J connectivity index is 2.40. The van der Waals surface area contributed by atoms with Crippen molar-refractivity contribution in [1.29, 1.82) is 0 Å². The highest BCUT2D eigenvalue weighted by molar-refractivity contribution is 7.92. The highest BCUT2D eigenvalue weighted by Crippen LogP contribution is 2.23. The van der Waals surface area contributed by atoms with Gasteiger partial charge in [0.1, 0.15) is 0 Å². The monoisotopic (exact) mass is 363 g/mol. The van der Waals surface area contributed by atoms with Crippen molar-refractivity contribution in [3.63, 3.8) is 0 Å². The van der Waals surface area contributed by atoms with Gasteiger partial charge in [-0.1, -0.05) is 12.1 Å². The summed E-state index contributed by atoms with van der Waals surface area (Å²) in [4.78, 5) is 23.2. The number of carbonyl (C=O) groups is 2. The average Bonchev–Trinajstić information content (AvgIpc) is 2.62. The second kappa shape index (κ2) is 7.35. The minimum absolute atomic E-state index is 0.0988. The van der Waals surface area contributed by atoms with Crippen LogP contribution in [0.15, 0.2) is 47.4 Å². The molecule has 0 aliphatic carbocycles. The van der Waals surface area contributed by atoms with Crippen LogP contribution in [0.4, 0.5) is 5.69 Å². The molecule has 0 aliphatic heterocycles. The molecule has 8 heteroatoms. The molecule has 0 aromatic heterocycles. The molecular weight excluding hydrogens is 346 g/mol. The molecule has 0 spiro atoms. The standard InChI is InChI=1S/C17H17NO6S/c1-11-14(17(20)24-3)8-5-9-15(11)18-25(21,22)13-7-4-6-12(10-13)16(19)23-2/h4-10,18H,1-3H3. The van der Waals surface area contributed by atoms with E-state index in [-0.39, 0.29) is 21.7 Å². The summed E-state index contributed by atoms with van der Waals surface area (Å²) in [7, 11) is -1.50. The van der Waals surface area contributed by atoms with Crippen molar-refractivity contribution < 1.29 is 27.5 Å². The van der Waals surface area contributed by atoms with Gasteiger partial charge in [-0.2, -0.15) is 0 Å². The third kappa shape index (κ3) is 3.97. The lowest BCUT2D eigenvalue weighted by molar-refractivity contribution is 0.0591. The summed E-state index contributed by atoms with van der Waals surface area (Å²) >= 11 is 0. The number of esters is 2. The van der Waals surface area contributed by atoms with E-state index in [9.17, 15) is 18.0 Å². The second-order valence-corrected chi connectivity index (χ2v) is 6.78. The minimum atomic E-state index is -3.96. The van der Waals surface area contributed by atoms with Crippen LogP contribution in [0.2, 0.25) is 0 Å². The lowest BCUT2D eigenvalue weighted by atomic mass is 10.1. The predicted molar refractivity (Wildman–Crippen MR) is 91.1 cm³/mol. The summed E-state index contributed by atoms with van der Waals surface area (Å²) in [6.07, 6.45) is 0. The summed E-state index contributed by atoms with van der Waals surface area (Å²) in [5.74, 6) is -1.20. The first-order valence-corrected chi connectivity index (χ1v) is 8.67. The zero-order valence-electron chi connectivity index (χ0n) is 13.9. The van der Waals surface area contributed by atoms with E-state index in [1.54, 1.807) is 13.0 Å². The molecule has 132 valence electrons. The van der Waals surface area contributed by atoms with E-state index in [0.29, 0.717) is 5.56 Å². The zero-order valence-corrected chi connectivity index (χ0v) is 14.7. The number of benzene rings is 2. The minimum Gasteiger partial charge on any atom is -0.465 e. The van der Waals surface area contributed by atoms with Gasteiger partial charge in [0.05, 0.1) is 35.9 Å². The molecule has 1 N–H and O–H groups in total. The number of anilines is 1. The number of hydrogen-bond acceptors (Lipinski definition) is 6. The number of rotatable bonds is 5. The van der Waals surface area contributed by atoms with Crippen molar-refractivity contribution in [2.45, 2.75) is 11.8 Å². The molecule has 2 aromatic rings. The van der Waals surface area contributed by atoms with Gasteiger partial charge >= 0.3 is 11.9 Å². The van der Waals surface area contributed by atoms with Crippen LogP contribution in [0, 0.1) is 6.92 Å². The fraction of sp³-hybridized carbons (Fsp3) is 0.176. The molecule has 0 bridgehead atoms. The Morgan fingerprint density at radius 3 is 2.24 bits per heavy atom. The van der Waals surface area contributed by atoms with Gasteiger partial charge in [-0.15, -0.1) is 0 Å². The van der Waals surface area contributed by atoms with Crippen LogP contribution in [-0.4, -0.2) is 34.6 Å². The van der Waals surface area contributed by atoms with E-state index in [1.165, 1.54) is 50.6 Å². The lowest BCUT2D eigenvalue weighted by Crippen LogP contribution is -2.16. The van der Waals surface area contributed by atoms with Gasteiger partial charge in [0.2, 0.25) is 0 Å². The molecule has 0 unspecified atom stereocenters. The van der Waals surface area contributed by atoms with Crippen LogP contribution in [0.25, 0.3) is 0 Å². The average molecular weight is 363 g/mol. The lowest BCUT2D eigenvalue weighted by Gasteiger charge is -2.13. The fourth-order valence-corrected chi connectivity index (χ4v) is 3.36. The zero-order chi connectivity index (χ0) is 18.6. The van der Waals surface area contributed by atoms with Gasteiger partial charge in [-0.3, -0.25) is 4.72 Å². The first-order valence-electron chi connectivity index (χ1n) is 7.19. The Labute approximate surface area is 145 Å². The largest absolute Gasteiger partial charge is 0.465 e. The van der Waals surface area contributed by atoms with Crippen molar-refractivity contribution in [2.24, 2.45) is 0 Å². The van der Waals surface area contributed by atoms with Gasteiger partial charge in [-0.25, -0.2) is 18.0 Å². The van der Waals surface area contributed by atoms with E-state index in [4.69, 9.17) is 0 Å². The number of ether oxygens (including phenoxy) is 2. The van der Waals surface area contributed by atoms with E-state index < -0.39 is 22.0 Å². The van der Waals surface area contributed by atoms with Gasteiger partial charge in [0.25, 0.3) is 10.0 Å². The Morgan fingerprint density at radius 2 is 1.60 bits per heavy atom. The SMILES string of the molecule is COC(=O)c1cccc(S(=O)(=O)Nc2cccc(C(=O)OC)c2C)c1. The maximum atomic E-state index is 12.6. The Bertz CT molecular complexity index is 920. The van der Waals surface area contributed by atoms with Crippen LogP contribution in [-0.2, 0) is 19.5 Å². The number of methoxy groups -OCH3 is 2. The number of nitrogens with one attached hydrogen (secondary N) is 1. The van der Waals surface area contributed by atoms with E-state index in [2.05, 4.69) is 14.2 Å². The van der Waals surface area contributed by atoms with Crippen molar-refractivity contribution in [3.05, 3.63) is 59.2 Å². The highest BCUT2D eigenvalue weighted by atomic mass is 32.2. The number of carbonyl (C=O) groups excluding carboxylic acids is 2. The molecule has 0 radical (unpaired) electrons. The number of sulfonamides is 1. The molecular formula is C17H17NO6S. The Hall–Kier alpha value is -2.87. The molecule has 0 aliphatic rings. The van der Waals surface area contributed by atoms with Crippen LogP contribution in [0.3, 0.4) is 0 Å². The summed E-state index contributed by atoms with van der Waals surface area (Å²) in [5.41, 5.74) is 1.05. The molecule has 0 saturated heterocycles. The molecule has 7 nitrogen and oxygen atoms in total. The van der Waals surface area contributed by atoms with Crippen LogP contribution in [0.1, 0.15) is 26.3 Å². The van der Waals surface area contributed by atoms with E-state index >= 15 is 0 Å². The fourth-order valence-electron chi connectivity index (χ4n) is 2.19. The van der Waals surface area contributed by atoms with Crippen molar-refractivity contribution in [3.8, 4) is 0 Å². The maximum Gasteiger partial charge on any atom is 0.338 e. The maximum absolute atomic E-state index is 12.6. The molecule has 0 saturated carbocycles. The third-order valence-corrected chi connectivity index (χ3v) is 4.91. The Morgan fingerprint density at radius 1 is 0.960 bits per heavy atom. The molecule has 2 aromatic carbocycles. The molecule has 25 heavy (non-hydrogen) atoms. The summed E-state index contributed by atoms with van der Waals surface area (Å²) in [6, 6.07) is 10.1. The number of hydrogen-bond donors (Lipinski definition) is 1. The smallest absolute Gasteiger partial charge is 0.338 e.